The van der Waals surface area contributed by atoms with E-state index in [0.717, 1.165) is 6.42 Å². The van der Waals surface area contributed by atoms with Crippen LogP contribution in [0.25, 0.3) is 22.3 Å². The zero-order chi connectivity index (χ0) is 29.2. The molecule has 0 amide bonds. The van der Waals surface area contributed by atoms with Crippen LogP contribution in [0.4, 0.5) is 8.78 Å². The number of hydrogen-bond donors (Lipinski definition) is 0. The number of benzene rings is 3. The Hall–Kier alpha value is -4.54. The Balaban J connectivity index is 1.24. The summed E-state index contributed by atoms with van der Waals surface area (Å²) in [5.41, 5.74) is 2.52. The second kappa shape index (κ2) is 11.8. The van der Waals surface area contributed by atoms with Crippen LogP contribution in [-0.2, 0) is 22.6 Å². The zero-order valence-electron chi connectivity index (χ0n) is 22.4. The van der Waals surface area contributed by atoms with Gasteiger partial charge in [-0.05, 0) is 55.0 Å². The molecule has 0 aliphatic carbocycles. The van der Waals surface area contributed by atoms with Gasteiger partial charge in [0.2, 0.25) is 5.88 Å². The highest BCUT2D eigenvalue weighted by molar-refractivity contribution is 6.30. The molecule has 1 saturated heterocycles. The molecular weight excluding hydrogens is 568 g/mol. The molecule has 0 spiro atoms. The standard InChI is InChI=1S/C31H24ClF2N3O5/c1-39-30(38)18-6-10-27-28(13-18)37(16-22-11-12-40-22)31(36-27)42-21-8-9-23(25(34)15-21)26-3-2-4-29(35-26)41-17-19-5-7-20(32)14-24(19)33/h2-10,13-15,22H,11-12,16-17H2,1H3. The first kappa shape index (κ1) is 27.6. The second-order valence-corrected chi connectivity index (χ2v) is 10.0. The number of hydrogen-bond acceptors (Lipinski definition) is 7. The minimum atomic E-state index is -0.570. The third-order valence-corrected chi connectivity index (χ3v) is 7.09. The fourth-order valence-corrected chi connectivity index (χ4v) is 4.70. The number of nitrogens with zero attached hydrogens (tertiary/aromatic N) is 3. The Morgan fingerprint density at radius 3 is 2.64 bits per heavy atom. The van der Waals surface area contributed by atoms with Crippen molar-refractivity contribution in [1.29, 1.82) is 0 Å². The summed E-state index contributed by atoms with van der Waals surface area (Å²) in [6, 6.07) is 18.9. The molecule has 214 valence electrons. The highest BCUT2D eigenvalue weighted by atomic mass is 35.5. The summed E-state index contributed by atoms with van der Waals surface area (Å²) in [6.45, 7) is 1.06. The Kier molecular flexibility index (Phi) is 7.73. The van der Waals surface area contributed by atoms with Crippen molar-refractivity contribution >= 4 is 28.6 Å². The molecule has 0 N–H and O–H groups in total. The van der Waals surface area contributed by atoms with E-state index in [2.05, 4.69) is 9.97 Å². The van der Waals surface area contributed by atoms with Crippen LogP contribution in [0.5, 0.6) is 17.6 Å². The van der Waals surface area contributed by atoms with Gasteiger partial charge >= 0.3 is 12.0 Å². The van der Waals surface area contributed by atoms with Crippen molar-refractivity contribution in [2.24, 2.45) is 0 Å². The van der Waals surface area contributed by atoms with E-state index in [4.69, 9.17) is 30.5 Å². The smallest absolute Gasteiger partial charge is 0.337 e. The van der Waals surface area contributed by atoms with Crippen LogP contribution in [0, 0.1) is 11.6 Å². The van der Waals surface area contributed by atoms with Crippen LogP contribution >= 0.6 is 11.6 Å². The Labute approximate surface area is 244 Å². The molecule has 0 bridgehead atoms. The first-order valence-corrected chi connectivity index (χ1v) is 13.5. The van der Waals surface area contributed by atoms with Gasteiger partial charge in [-0.1, -0.05) is 23.7 Å². The van der Waals surface area contributed by atoms with Gasteiger partial charge in [-0.3, -0.25) is 4.57 Å². The minimum absolute atomic E-state index is 0.0256. The molecule has 0 radical (unpaired) electrons. The van der Waals surface area contributed by atoms with Crippen molar-refractivity contribution in [3.63, 3.8) is 0 Å². The average molecular weight is 592 g/mol. The van der Waals surface area contributed by atoms with Crippen LogP contribution in [-0.4, -0.2) is 40.3 Å². The number of methoxy groups -OCH3 is 1. The van der Waals surface area contributed by atoms with Gasteiger partial charge < -0.3 is 18.9 Å². The number of carbonyl (C=O) groups excluding carboxylic acids is 1. The highest BCUT2D eigenvalue weighted by Crippen LogP contribution is 2.32. The van der Waals surface area contributed by atoms with Crippen LogP contribution in [0.1, 0.15) is 22.3 Å². The van der Waals surface area contributed by atoms with Crippen LogP contribution in [0.2, 0.25) is 5.02 Å². The van der Waals surface area contributed by atoms with Crippen molar-refractivity contribution in [3.05, 3.63) is 101 Å². The SMILES string of the molecule is COC(=O)c1ccc2nc(Oc3ccc(-c4cccc(OCc5ccc(Cl)cc5F)n4)c(F)c3)n(CC3CCO3)c2c1. The third-order valence-electron chi connectivity index (χ3n) is 6.85. The van der Waals surface area contributed by atoms with E-state index in [1.54, 1.807) is 54.6 Å². The van der Waals surface area contributed by atoms with Crippen molar-refractivity contribution in [2.75, 3.05) is 13.7 Å². The summed E-state index contributed by atoms with van der Waals surface area (Å²) in [5.74, 6) is -1.09. The van der Waals surface area contributed by atoms with Crippen LogP contribution in [0.15, 0.2) is 72.8 Å². The maximum absolute atomic E-state index is 15.3. The Morgan fingerprint density at radius 2 is 1.90 bits per heavy atom. The molecule has 11 heteroatoms. The summed E-state index contributed by atoms with van der Waals surface area (Å²) in [6.07, 6.45) is 0.853. The van der Waals surface area contributed by atoms with Gasteiger partial charge in [0.05, 0.1) is 42.0 Å². The van der Waals surface area contributed by atoms with Gasteiger partial charge in [-0.2, -0.15) is 4.98 Å². The number of imidazole rings is 1. The average Bonchev–Trinajstić information content (AvgIpc) is 3.30. The second-order valence-electron chi connectivity index (χ2n) is 9.61. The molecular formula is C31H24ClF2N3O5. The van der Waals surface area contributed by atoms with Gasteiger partial charge in [-0.15, -0.1) is 0 Å². The lowest BCUT2D eigenvalue weighted by atomic mass is 10.1. The van der Waals surface area contributed by atoms with Gasteiger partial charge in [-0.25, -0.2) is 18.6 Å². The molecule has 2 aromatic heterocycles. The van der Waals surface area contributed by atoms with E-state index >= 15 is 4.39 Å². The van der Waals surface area contributed by atoms with Gasteiger partial charge in [0.1, 0.15) is 24.0 Å². The van der Waals surface area contributed by atoms with Gasteiger partial charge in [0, 0.05) is 34.9 Å². The number of carbonyl (C=O) groups is 1. The fourth-order valence-electron chi connectivity index (χ4n) is 4.54. The molecule has 8 nitrogen and oxygen atoms in total. The maximum Gasteiger partial charge on any atom is 0.337 e. The number of esters is 1. The van der Waals surface area contributed by atoms with E-state index in [-0.39, 0.29) is 40.9 Å². The predicted octanol–water partition coefficient (Wildman–Crippen LogP) is 6.98. The molecule has 1 unspecified atom stereocenters. The van der Waals surface area contributed by atoms with E-state index in [1.165, 1.54) is 25.3 Å². The Bertz CT molecular complexity index is 1790. The number of ether oxygens (including phenoxy) is 4. The van der Waals surface area contributed by atoms with Crippen molar-refractivity contribution in [2.45, 2.75) is 25.7 Å². The van der Waals surface area contributed by atoms with E-state index in [1.807, 2.05) is 4.57 Å². The van der Waals surface area contributed by atoms with Crippen molar-refractivity contribution < 1.29 is 32.5 Å². The highest BCUT2D eigenvalue weighted by Gasteiger charge is 2.24. The van der Waals surface area contributed by atoms with Crippen LogP contribution < -0.4 is 9.47 Å². The molecule has 1 fully saturated rings. The molecule has 3 heterocycles. The molecule has 42 heavy (non-hydrogen) atoms. The summed E-state index contributed by atoms with van der Waals surface area (Å²) >= 11 is 5.81. The Morgan fingerprint density at radius 1 is 1.05 bits per heavy atom. The normalized spacial score (nSPS) is 14.4. The lowest BCUT2D eigenvalue weighted by Crippen LogP contribution is -2.31. The first-order chi connectivity index (χ1) is 20.4. The molecule has 5 aromatic rings. The van der Waals surface area contributed by atoms with Crippen molar-refractivity contribution in [3.8, 4) is 28.9 Å². The van der Waals surface area contributed by atoms with E-state index < -0.39 is 17.6 Å². The molecule has 1 atom stereocenters. The van der Waals surface area contributed by atoms with Crippen molar-refractivity contribution in [1.82, 2.24) is 14.5 Å². The minimum Gasteiger partial charge on any atom is -0.473 e. The topological polar surface area (TPSA) is 84.7 Å². The summed E-state index contributed by atoms with van der Waals surface area (Å²) < 4.78 is 53.4. The third kappa shape index (κ3) is 5.77. The number of aromatic nitrogens is 3. The number of halogens is 3. The summed E-state index contributed by atoms with van der Waals surface area (Å²) in [7, 11) is 1.32. The number of rotatable bonds is 9. The maximum atomic E-state index is 15.3. The largest absolute Gasteiger partial charge is 0.473 e. The summed E-state index contributed by atoms with van der Waals surface area (Å²) in [4.78, 5) is 21.1. The molecule has 1 aliphatic rings. The summed E-state index contributed by atoms with van der Waals surface area (Å²) in [5, 5.41) is 0.289. The quantitative estimate of drug-likeness (QED) is 0.171. The van der Waals surface area contributed by atoms with E-state index in [9.17, 15) is 9.18 Å². The molecule has 1 aliphatic heterocycles. The molecule has 3 aromatic carbocycles. The van der Waals surface area contributed by atoms with Crippen LogP contribution in [0.3, 0.4) is 0 Å². The predicted molar refractivity (Wildman–Crippen MR) is 151 cm³/mol. The zero-order valence-corrected chi connectivity index (χ0v) is 23.1. The number of fused-ring (bicyclic) bond motifs is 1. The lowest BCUT2D eigenvalue weighted by Gasteiger charge is -2.27. The van der Waals surface area contributed by atoms with Gasteiger partial charge in [0.25, 0.3) is 0 Å². The van der Waals surface area contributed by atoms with E-state index in [0.29, 0.717) is 41.0 Å². The monoisotopic (exact) mass is 591 g/mol. The first-order valence-electron chi connectivity index (χ1n) is 13.1. The molecule has 0 saturated carbocycles. The fraction of sp³-hybridized carbons (Fsp3) is 0.194. The number of pyridine rings is 1. The molecule has 6 rings (SSSR count). The van der Waals surface area contributed by atoms with Gasteiger partial charge in [0.15, 0.2) is 0 Å². The lowest BCUT2D eigenvalue weighted by molar-refractivity contribution is -0.0593.